The van der Waals surface area contributed by atoms with Crippen molar-refractivity contribution in [3.63, 3.8) is 0 Å². The fourth-order valence-electron chi connectivity index (χ4n) is 3.45. The standard InChI is InChI=1S/C15H25NO/c1-3-11(2)15(17)16-14-9-8-12-6-4-5-7-13(12)10-14/h12-14H,2-10H2,1H3,(H,16,17). The van der Waals surface area contributed by atoms with Crippen molar-refractivity contribution >= 4 is 5.91 Å². The molecule has 0 radical (unpaired) electrons. The molecule has 2 aliphatic carbocycles. The number of rotatable bonds is 3. The van der Waals surface area contributed by atoms with Gasteiger partial charge in [0, 0.05) is 11.6 Å². The van der Waals surface area contributed by atoms with Crippen LogP contribution in [0.1, 0.15) is 58.3 Å². The topological polar surface area (TPSA) is 29.1 Å². The normalized spacial score (nSPS) is 32.6. The Bertz CT molecular complexity index is 297. The van der Waals surface area contributed by atoms with Crippen molar-refractivity contribution < 1.29 is 4.79 Å². The van der Waals surface area contributed by atoms with E-state index in [1.54, 1.807) is 0 Å². The van der Waals surface area contributed by atoms with Gasteiger partial charge in [0.15, 0.2) is 0 Å². The van der Waals surface area contributed by atoms with Gasteiger partial charge in [-0.25, -0.2) is 0 Å². The van der Waals surface area contributed by atoms with Gasteiger partial charge in [-0.2, -0.15) is 0 Å². The van der Waals surface area contributed by atoms with Gasteiger partial charge < -0.3 is 5.32 Å². The number of fused-ring (bicyclic) bond motifs is 1. The van der Waals surface area contributed by atoms with Crippen molar-refractivity contribution in [1.29, 1.82) is 0 Å². The Morgan fingerprint density at radius 1 is 1.18 bits per heavy atom. The van der Waals surface area contributed by atoms with Crippen molar-refractivity contribution in [3.8, 4) is 0 Å². The SMILES string of the molecule is C=C(CC)C(=O)NC1CCC2CCCCC2C1. The van der Waals surface area contributed by atoms with E-state index in [0.717, 1.165) is 23.8 Å². The number of carbonyl (C=O) groups is 1. The van der Waals surface area contributed by atoms with E-state index in [9.17, 15) is 4.79 Å². The third-order valence-electron chi connectivity index (χ3n) is 4.62. The Morgan fingerprint density at radius 2 is 1.88 bits per heavy atom. The number of carbonyl (C=O) groups excluding carboxylic acids is 1. The molecule has 2 aliphatic rings. The van der Waals surface area contributed by atoms with Gasteiger partial charge in [0.1, 0.15) is 0 Å². The first-order valence-corrected chi connectivity index (χ1v) is 7.19. The molecule has 0 aromatic carbocycles. The Hall–Kier alpha value is -0.790. The molecule has 96 valence electrons. The fourth-order valence-corrected chi connectivity index (χ4v) is 3.45. The number of nitrogens with one attached hydrogen (secondary N) is 1. The molecule has 0 heterocycles. The number of hydrogen-bond donors (Lipinski definition) is 1. The van der Waals surface area contributed by atoms with Crippen LogP contribution in [0.4, 0.5) is 0 Å². The average Bonchev–Trinajstić information content (AvgIpc) is 2.37. The maximum Gasteiger partial charge on any atom is 0.246 e. The number of amides is 1. The lowest BCUT2D eigenvalue weighted by atomic mass is 9.69. The lowest BCUT2D eigenvalue weighted by Crippen LogP contribution is -2.42. The van der Waals surface area contributed by atoms with Crippen LogP contribution in [0.25, 0.3) is 0 Å². The van der Waals surface area contributed by atoms with Crippen LogP contribution in [0.2, 0.25) is 0 Å². The van der Waals surface area contributed by atoms with Crippen LogP contribution in [0, 0.1) is 11.8 Å². The van der Waals surface area contributed by atoms with E-state index in [1.165, 1.54) is 44.9 Å². The minimum absolute atomic E-state index is 0.0757. The van der Waals surface area contributed by atoms with Crippen LogP contribution < -0.4 is 5.32 Å². The Kier molecular flexibility index (Phi) is 4.25. The highest BCUT2D eigenvalue weighted by Gasteiger charge is 2.32. The Balaban J connectivity index is 1.83. The Morgan fingerprint density at radius 3 is 2.59 bits per heavy atom. The van der Waals surface area contributed by atoms with Gasteiger partial charge in [0.05, 0.1) is 0 Å². The molecule has 0 aromatic rings. The van der Waals surface area contributed by atoms with Crippen LogP contribution in [-0.2, 0) is 4.79 Å². The quantitative estimate of drug-likeness (QED) is 0.746. The third-order valence-corrected chi connectivity index (χ3v) is 4.62. The summed E-state index contributed by atoms with van der Waals surface area (Å²) in [5.41, 5.74) is 0.718. The molecule has 2 nitrogen and oxygen atoms in total. The van der Waals surface area contributed by atoms with Crippen LogP contribution in [-0.4, -0.2) is 11.9 Å². The lowest BCUT2D eigenvalue weighted by molar-refractivity contribution is -0.118. The maximum absolute atomic E-state index is 11.8. The summed E-state index contributed by atoms with van der Waals surface area (Å²) in [6.07, 6.45) is 10.1. The first-order valence-electron chi connectivity index (χ1n) is 7.19. The molecule has 17 heavy (non-hydrogen) atoms. The summed E-state index contributed by atoms with van der Waals surface area (Å²) in [7, 11) is 0. The molecule has 1 amide bonds. The largest absolute Gasteiger partial charge is 0.350 e. The minimum atomic E-state index is 0.0757. The molecule has 2 saturated carbocycles. The van der Waals surface area contributed by atoms with E-state index in [4.69, 9.17) is 0 Å². The summed E-state index contributed by atoms with van der Waals surface area (Å²) in [4.78, 5) is 11.8. The van der Waals surface area contributed by atoms with E-state index < -0.39 is 0 Å². The Labute approximate surface area is 105 Å². The molecule has 2 fully saturated rings. The molecule has 2 heteroatoms. The van der Waals surface area contributed by atoms with E-state index in [-0.39, 0.29) is 5.91 Å². The molecule has 3 atom stereocenters. The van der Waals surface area contributed by atoms with Crippen molar-refractivity contribution in [3.05, 3.63) is 12.2 Å². The smallest absolute Gasteiger partial charge is 0.246 e. The summed E-state index contributed by atoms with van der Waals surface area (Å²) in [5, 5.41) is 3.16. The molecule has 0 aliphatic heterocycles. The lowest BCUT2D eigenvalue weighted by Gasteiger charge is -2.39. The van der Waals surface area contributed by atoms with E-state index in [1.807, 2.05) is 6.92 Å². The first kappa shape index (κ1) is 12.7. The second-order valence-corrected chi connectivity index (χ2v) is 5.75. The highest BCUT2D eigenvalue weighted by molar-refractivity contribution is 5.92. The van der Waals surface area contributed by atoms with Crippen molar-refractivity contribution in [2.75, 3.05) is 0 Å². The summed E-state index contributed by atoms with van der Waals surface area (Å²) in [6, 6.07) is 0.408. The van der Waals surface area contributed by atoms with Gasteiger partial charge in [-0.05, 0) is 37.5 Å². The monoisotopic (exact) mass is 235 g/mol. The maximum atomic E-state index is 11.8. The molecule has 3 unspecified atom stereocenters. The zero-order valence-corrected chi connectivity index (χ0v) is 11.0. The zero-order valence-electron chi connectivity index (χ0n) is 11.0. The van der Waals surface area contributed by atoms with Crippen LogP contribution in [0.5, 0.6) is 0 Å². The molecular weight excluding hydrogens is 210 g/mol. The van der Waals surface area contributed by atoms with Gasteiger partial charge in [0.25, 0.3) is 0 Å². The second-order valence-electron chi connectivity index (χ2n) is 5.75. The predicted molar refractivity (Wildman–Crippen MR) is 70.7 cm³/mol. The molecule has 0 bridgehead atoms. The number of hydrogen-bond acceptors (Lipinski definition) is 1. The second kappa shape index (κ2) is 5.70. The van der Waals surface area contributed by atoms with Gasteiger partial charge in [0.2, 0.25) is 5.91 Å². The minimum Gasteiger partial charge on any atom is -0.350 e. The molecular formula is C15H25NO. The fraction of sp³-hybridized carbons (Fsp3) is 0.800. The van der Waals surface area contributed by atoms with Crippen LogP contribution in [0.15, 0.2) is 12.2 Å². The van der Waals surface area contributed by atoms with Crippen molar-refractivity contribution in [2.24, 2.45) is 11.8 Å². The summed E-state index contributed by atoms with van der Waals surface area (Å²) >= 11 is 0. The molecule has 0 spiro atoms. The molecule has 2 rings (SSSR count). The third kappa shape index (κ3) is 3.11. The van der Waals surface area contributed by atoms with Crippen molar-refractivity contribution in [1.82, 2.24) is 5.32 Å². The summed E-state index contributed by atoms with van der Waals surface area (Å²) in [5.74, 6) is 1.90. The van der Waals surface area contributed by atoms with Gasteiger partial charge >= 0.3 is 0 Å². The summed E-state index contributed by atoms with van der Waals surface area (Å²) in [6.45, 7) is 5.79. The zero-order chi connectivity index (χ0) is 12.3. The van der Waals surface area contributed by atoms with Gasteiger partial charge in [-0.3, -0.25) is 4.79 Å². The predicted octanol–water partition coefficient (Wildman–Crippen LogP) is 3.43. The molecule has 0 saturated heterocycles. The molecule has 0 aromatic heterocycles. The van der Waals surface area contributed by atoms with Crippen molar-refractivity contribution in [2.45, 2.75) is 64.3 Å². The summed E-state index contributed by atoms with van der Waals surface area (Å²) < 4.78 is 0. The van der Waals surface area contributed by atoms with E-state index >= 15 is 0 Å². The van der Waals surface area contributed by atoms with Crippen LogP contribution >= 0.6 is 0 Å². The van der Waals surface area contributed by atoms with Gasteiger partial charge in [-0.15, -0.1) is 0 Å². The molecule has 1 N–H and O–H groups in total. The van der Waals surface area contributed by atoms with Gasteiger partial charge in [-0.1, -0.05) is 39.2 Å². The highest BCUT2D eigenvalue weighted by Crippen LogP contribution is 2.40. The van der Waals surface area contributed by atoms with E-state index in [2.05, 4.69) is 11.9 Å². The highest BCUT2D eigenvalue weighted by atomic mass is 16.1. The average molecular weight is 235 g/mol. The van der Waals surface area contributed by atoms with Crippen LogP contribution in [0.3, 0.4) is 0 Å². The van der Waals surface area contributed by atoms with E-state index in [0.29, 0.717) is 6.04 Å². The first-order chi connectivity index (χ1) is 8.20.